The summed E-state index contributed by atoms with van der Waals surface area (Å²) in [5, 5.41) is 17.9. The minimum absolute atomic E-state index is 0.340. The number of phenols is 1. The molecule has 1 aromatic rings. The summed E-state index contributed by atoms with van der Waals surface area (Å²) in [5.41, 5.74) is 4.08. The van der Waals surface area contributed by atoms with Crippen LogP contribution in [-0.4, -0.2) is 29.2 Å². The fourth-order valence-corrected chi connectivity index (χ4v) is 1.81. The Kier molecular flexibility index (Phi) is 2.56. The van der Waals surface area contributed by atoms with Crippen molar-refractivity contribution in [2.75, 3.05) is 5.73 Å². The molecule has 0 aromatic heterocycles. The van der Waals surface area contributed by atoms with E-state index in [1.54, 1.807) is 0 Å². The molecule has 1 aromatic carbocycles. The predicted octanol–water partition coefficient (Wildman–Crippen LogP) is -0.0807. The highest BCUT2D eigenvalue weighted by Crippen LogP contribution is 2.31. The Labute approximate surface area is 84.5 Å². The Morgan fingerprint density at radius 3 is 2.27 bits per heavy atom. The van der Waals surface area contributed by atoms with Crippen molar-refractivity contribution in [3.63, 3.8) is 0 Å². The van der Waals surface area contributed by atoms with E-state index in [4.69, 9.17) is 15.4 Å². The molecule has 0 radical (unpaired) electrons. The van der Waals surface area contributed by atoms with Gasteiger partial charge < -0.3 is 15.9 Å². The van der Waals surface area contributed by atoms with Crippen molar-refractivity contribution >= 4 is 21.8 Å². The maximum Gasteiger partial charge on any atom is 0.337 e. The van der Waals surface area contributed by atoms with Gasteiger partial charge in [0.25, 0.3) is 10.1 Å². The van der Waals surface area contributed by atoms with E-state index in [0.29, 0.717) is 0 Å². The van der Waals surface area contributed by atoms with Gasteiger partial charge >= 0.3 is 5.97 Å². The number of hydrogen-bond donors (Lipinski definition) is 4. The van der Waals surface area contributed by atoms with Gasteiger partial charge in [-0.15, -0.1) is 0 Å². The number of carboxylic acid groups (broad SMARTS) is 1. The molecule has 5 N–H and O–H groups in total. The largest absolute Gasteiger partial charge is 0.504 e. The first-order valence-corrected chi connectivity index (χ1v) is 5.01. The van der Waals surface area contributed by atoms with Crippen LogP contribution in [-0.2, 0) is 10.1 Å². The zero-order valence-electron chi connectivity index (χ0n) is 7.21. The van der Waals surface area contributed by atoms with Crippen molar-refractivity contribution in [3.8, 4) is 5.75 Å². The van der Waals surface area contributed by atoms with Crippen LogP contribution >= 0.6 is 0 Å². The second-order valence-electron chi connectivity index (χ2n) is 2.66. The third kappa shape index (κ3) is 2.00. The first kappa shape index (κ1) is 11.3. The van der Waals surface area contributed by atoms with Gasteiger partial charge in [-0.05, 0) is 12.1 Å². The number of phenolic OH excluding ortho intramolecular Hbond substituents is 1. The molecule has 0 aliphatic rings. The van der Waals surface area contributed by atoms with Crippen molar-refractivity contribution in [2.24, 2.45) is 0 Å². The molecule has 0 saturated heterocycles. The molecule has 8 heteroatoms. The molecule has 0 aliphatic carbocycles. The van der Waals surface area contributed by atoms with Gasteiger partial charge in [0.1, 0.15) is 0 Å². The molecule has 0 spiro atoms. The van der Waals surface area contributed by atoms with Crippen LogP contribution in [0.4, 0.5) is 5.69 Å². The SMILES string of the molecule is Nc1ccc(C(=O)O)c(S(=O)(=O)O)c1O. The third-order valence-corrected chi connectivity index (χ3v) is 2.58. The Balaban J connectivity index is 3.72. The standard InChI is InChI=1S/C7H7NO6S/c8-4-2-1-3(7(10)11)6(5(4)9)15(12,13)14/h1-2,9H,8H2,(H,10,11)(H,12,13,14). The van der Waals surface area contributed by atoms with Gasteiger partial charge in [0.2, 0.25) is 0 Å². The van der Waals surface area contributed by atoms with E-state index < -0.39 is 32.3 Å². The van der Waals surface area contributed by atoms with Crippen LogP contribution in [0.5, 0.6) is 5.75 Å². The van der Waals surface area contributed by atoms with Gasteiger partial charge in [0.05, 0.1) is 11.3 Å². The maximum absolute atomic E-state index is 10.8. The fourth-order valence-electron chi connectivity index (χ4n) is 1.02. The lowest BCUT2D eigenvalue weighted by molar-refractivity contribution is 0.0691. The lowest BCUT2D eigenvalue weighted by Gasteiger charge is -2.07. The quantitative estimate of drug-likeness (QED) is 0.318. The first-order valence-electron chi connectivity index (χ1n) is 3.57. The van der Waals surface area contributed by atoms with Crippen molar-refractivity contribution < 1.29 is 28.0 Å². The normalized spacial score (nSPS) is 11.3. The van der Waals surface area contributed by atoms with Crippen LogP contribution in [0.15, 0.2) is 17.0 Å². The number of aromatic hydroxyl groups is 1. The number of aromatic carboxylic acids is 1. The molecule has 0 amide bonds. The summed E-state index contributed by atoms with van der Waals surface area (Å²) >= 11 is 0. The highest BCUT2D eigenvalue weighted by molar-refractivity contribution is 7.86. The lowest BCUT2D eigenvalue weighted by atomic mass is 10.2. The highest BCUT2D eigenvalue weighted by atomic mass is 32.2. The molecule has 82 valence electrons. The van der Waals surface area contributed by atoms with E-state index in [1.807, 2.05) is 0 Å². The number of hydrogen-bond acceptors (Lipinski definition) is 5. The predicted molar refractivity (Wildman–Crippen MR) is 49.3 cm³/mol. The van der Waals surface area contributed by atoms with Crippen molar-refractivity contribution in [3.05, 3.63) is 17.7 Å². The van der Waals surface area contributed by atoms with E-state index in [2.05, 4.69) is 0 Å². The smallest absolute Gasteiger partial charge is 0.337 e. The zero-order chi connectivity index (χ0) is 11.8. The Bertz CT molecular complexity index is 521. The summed E-state index contributed by atoms with van der Waals surface area (Å²) in [4.78, 5) is 9.50. The Hall–Kier alpha value is -1.80. The van der Waals surface area contributed by atoms with E-state index in [0.717, 1.165) is 12.1 Å². The molecule has 0 aliphatic heterocycles. The average molecular weight is 233 g/mol. The zero-order valence-corrected chi connectivity index (χ0v) is 8.02. The van der Waals surface area contributed by atoms with Crippen LogP contribution in [0.1, 0.15) is 10.4 Å². The minimum Gasteiger partial charge on any atom is -0.504 e. The maximum atomic E-state index is 10.8. The number of carbonyl (C=O) groups is 1. The van der Waals surface area contributed by atoms with Gasteiger partial charge in [-0.2, -0.15) is 8.42 Å². The third-order valence-electron chi connectivity index (χ3n) is 1.65. The molecule has 0 fully saturated rings. The molecule has 7 nitrogen and oxygen atoms in total. The van der Waals surface area contributed by atoms with Crippen molar-refractivity contribution in [1.82, 2.24) is 0 Å². The summed E-state index contributed by atoms with van der Waals surface area (Å²) in [7, 11) is -4.84. The first-order chi connectivity index (χ1) is 6.75. The van der Waals surface area contributed by atoms with Crippen LogP contribution in [0, 0.1) is 0 Å². The molecule has 15 heavy (non-hydrogen) atoms. The summed E-state index contributed by atoms with van der Waals surface area (Å²) in [6, 6.07) is 1.90. The van der Waals surface area contributed by atoms with Gasteiger partial charge in [-0.1, -0.05) is 0 Å². The molecule has 0 bridgehead atoms. The van der Waals surface area contributed by atoms with E-state index in [1.165, 1.54) is 0 Å². The number of benzene rings is 1. The number of nitrogens with two attached hydrogens (primary N) is 1. The van der Waals surface area contributed by atoms with Gasteiger partial charge in [0, 0.05) is 0 Å². The average Bonchev–Trinajstić information content (AvgIpc) is 2.06. The van der Waals surface area contributed by atoms with Crippen molar-refractivity contribution in [2.45, 2.75) is 4.90 Å². The number of nitrogen functional groups attached to an aromatic ring is 1. The van der Waals surface area contributed by atoms with E-state index >= 15 is 0 Å². The van der Waals surface area contributed by atoms with Crippen LogP contribution in [0.3, 0.4) is 0 Å². The number of anilines is 1. The fraction of sp³-hybridized carbons (Fsp3) is 0. The van der Waals surface area contributed by atoms with E-state index in [9.17, 15) is 18.3 Å². The Morgan fingerprint density at radius 1 is 1.33 bits per heavy atom. The highest BCUT2D eigenvalue weighted by Gasteiger charge is 2.25. The van der Waals surface area contributed by atoms with E-state index in [-0.39, 0.29) is 5.69 Å². The second kappa shape index (κ2) is 3.41. The van der Waals surface area contributed by atoms with Gasteiger partial charge in [-0.25, -0.2) is 4.79 Å². The summed E-state index contributed by atoms with van der Waals surface area (Å²) in [6.07, 6.45) is 0. The molecular formula is C7H7NO6S. The minimum atomic E-state index is -4.84. The number of rotatable bonds is 2. The summed E-state index contributed by atoms with van der Waals surface area (Å²) in [5.74, 6) is -2.57. The Morgan fingerprint density at radius 2 is 1.87 bits per heavy atom. The number of carboxylic acids is 1. The lowest BCUT2D eigenvalue weighted by Crippen LogP contribution is -2.09. The molecule has 0 saturated carbocycles. The van der Waals surface area contributed by atoms with Crippen molar-refractivity contribution in [1.29, 1.82) is 0 Å². The molecule has 0 heterocycles. The monoisotopic (exact) mass is 233 g/mol. The van der Waals surface area contributed by atoms with Crippen LogP contribution in [0.25, 0.3) is 0 Å². The van der Waals surface area contributed by atoms with Gasteiger partial charge in [0.15, 0.2) is 10.6 Å². The topological polar surface area (TPSA) is 138 Å². The molecule has 0 unspecified atom stereocenters. The summed E-state index contributed by atoms with van der Waals surface area (Å²) < 4.78 is 30.3. The van der Waals surface area contributed by atoms with Crippen LogP contribution in [0.2, 0.25) is 0 Å². The molecule has 1 rings (SSSR count). The second-order valence-corrected chi connectivity index (χ2v) is 4.02. The molecule has 0 atom stereocenters. The van der Waals surface area contributed by atoms with Crippen LogP contribution < -0.4 is 5.73 Å². The van der Waals surface area contributed by atoms with Gasteiger partial charge in [-0.3, -0.25) is 4.55 Å². The molecular weight excluding hydrogens is 226 g/mol. The summed E-state index contributed by atoms with van der Waals surface area (Å²) in [6.45, 7) is 0.